The summed E-state index contributed by atoms with van der Waals surface area (Å²) in [5, 5.41) is 0.515. The molecule has 0 aliphatic carbocycles. The van der Waals surface area contributed by atoms with E-state index in [1.807, 2.05) is 6.92 Å². The summed E-state index contributed by atoms with van der Waals surface area (Å²) in [6, 6.07) is 12.2. The number of hydrazine groups is 1. The van der Waals surface area contributed by atoms with E-state index in [0.29, 0.717) is 28.6 Å². The third-order valence-electron chi connectivity index (χ3n) is 4.00. The predicted molar refractivity (Wildman–Crippen MR) is 101 cm³/mol. The summed E-state index contributed by atoms with van der Waals surface area (Å²) in [6.07, 6.45) is -0.0570. The van der Waals surface area contributed by atoms with Gasteiger partial charge in [-0.1, -0.05) is 17.7 Å². The lowest BCUT2D eigenvalue weighted by Gasteiger charge is -2.17. The minimum Gasteiger partial charge on any atom is -0.494 e. The Morgan fingerprint density at radius 1 is 1.22 bits per heavy atom. The molecule has 0 unspecified atom stereocenters. The first kappa shape index (κ1) is 18.9. The fourth-order valence-corrected chi connectivity index (χ4v) is 2.85. The molecule has 0 radical (unpaired) electrons. The summed E-state index contributed by atoms with van der Waals surface area (Å²) >= 11 is 5.79. The molecule has 2 N–H and O–H groups in total. The van der Waals surface area contributed by atoms with Crippen LogP contribution in [0, 0.1) is 0 Å². The van der Waals surface area contributed by atoms with Crippen LogP contribution in [0.5, 0.6) is 5.75 Å². The van der Waals surface area contributed by atoms with Crippen LogP contribution in [0.3, 0.4) is 0 Å². The standard InChI is InChI=1S/C19H18ClN3O4/c1-2-27-15-5-3-4-14(10-15)23-17(24)11-16(19(23)26)21-22-18(25)12-6-8-13(20)9-7-12/h3-10,16,21H,2,11H2,1H3,(H,22,25)/t16-/m0/s1. The number of amides is 3. The summed E-state index contributed by atoms with van der Waals surface area (Å²) in [6.45, 7) is 2.33. The van der Waals surface area contributed by atoms with Crippen molar-refractivity contribution < 1.29 is 19.1 Å². The quantitative estimate of drug-likeness (QED) is 0.586. The number of nitrogens with one attached hydrogen (secondary N) is 2. The minimum atomic E-state index is -0.843. The molecule has 0 bridgehead atoms. The van der Waals surface area contributed by atoms with E-state index in [-0.39, 0.29) is 12.3 Å². The average molecular weight is 388 g/mol. The van der Waals surface area contributed by atoms with Gasteiger partial charge in [0, 0.05) is 16.7 Å². The number of imide groups is 1. The first-order valence-corrected chi connectivity index (χ1v) is 8.78. The van der Waals surface area contributed by atoms with Gasteiger partial charge in [-0.05, 0) is 43.3 Å². The number of nitrogens with zero attached hydrogens (tertiary/aromatic N) is 1. The lowest BCUT2D eigenvalue weighted by atomic mass is 10.2. The third-order valence-corrected chi connectivity index (χ3v) is 4.25. The fourth-order valence-electron chi connectivity index (χ4n) is 2.72. The molecule has 1 saturated heterocycles. The first-order valence-electron chi connectivity index (χ1n) is 8.40. The number of rotatable bonds is 6. The third kappa shape index (κ3) is 4.27. The molecular formula is C19H18ClN3O4. The van der Waals surface area contributed by atoms with Gasteiger partial charge in [0.15, 0.2) is 0 Å². The largest absolute Gasteiger partial charge is 0.494 e. The van der Waals surface area contributed by atoms with Crippen molar-refractivity contribution in [2.24, 2.45) is 0 Å². The number of hydrogen-bond donors (Lipinski definition) is 2. The average Bonchev–Trinajstić information content (AvgIpc) is 2.94. The lowest BCUT2D eigenvalue weighted by molar-refractivity contribution is -0.121. The van der Waals surface area contributed by atoms with E-state index in [2.05, 4.69) is 10.9 Å². The fraction of sp³-hybridized carbons (Fsp3) is 0.211. The number of carbonyl (C=O) groups is 3. The highest BCUT2D eigenvalue weighted by Crippen LogP contribution is 2.26. The highest BCUT2D eigenvalue weighted by Gasteiger charge is 2.39. The van der Waals surface area contributed by atoms with Crippen molar-refractivity contribution in [3.8, 4) is 5.75 Å². The molecular weight excluding hydrogens is 370 g/mol. The number of halogens is 1. The van der Waals surface area contributed by atoms with E-state index in [4.69, 9.17) is 16.3 Å². The maximum atomic E-state index is 12.6. The molecule has 1 atom stereocenters. The van der Waals surface area contributed by atoms with Crippen molar-refractivity contribution in [2.45, 2.75) is 19.4 Å². The zero-order valence-electron chi connectivity index (χ0n) is 14.6. The molecule has 2 aromatic rings. The number of hydrogen-bond acceptors (Lipinski definition) is 5. The first-order chi connectivity index (χ1) is 13.0. The van der Waals surface area contributed by atoms with Gasteiger partial charge in [-0.3, -0.25) is 19.8 Å². The molecule has 27 heavy (non-hydrogen) atoms. The van der Waals surface area contributed by atoms with Crippen LogP contribution in [0.15, 0.2) is 48.5 Å². The van der Waals surface area contributed by atoms with E-state index in [9.17, 15) is 14.4 Å². The molecule has 1 aliphatic rings. The number of benzene rings is 2. The van der Waals surface area contributed by atoms with E-state index < -0.39 is 17.9 Å². The van der Waals surface area contributed by atoms with Gasteiger partial charge < -0.3 is 4.74 Å². The number of ether oxygens (including phenoxy) is 1. The Hall–Kier alpha value is -2.90. The Kier molecular flexibility index (Phi) is 5.73. The van der Waals surface area contributed by atoms with E-state index in [0.717, 1.165) is 4.90 Å². The van der Waals surface area contributed by atoms with Crippen LogP contribution in [-0.2, 0) is 9.59 Å². The van der Waals surface area contributed by atoms with Crippen molar-refractivity contribution >= 4 is 35.0 Å². The summed E-state index contributed by atoms with van der Waals surface area (Å²) in [5.41, 5.74) is 5.91. The predicted octanol–water partition coefficient (Wildman–Crippen LogP) is 2.31. The highest BCUT2D eigenvalue weighted by atomic mass is 35.5. The second-order valence-corrected chi connectivity index (χ2v) is 6.30. The second-order valence-electron chi connectivity index (χ2n) is 5.86. The summed E-state index contributed by atoms with van der Waals surface area (Å²) in [5.74, 6) is -0.649. The summed E-state index contributed by atoms with van der Waals surface area (Å²) < 4.78 is 5.41. The Morgan fingerprint density at radius 2 is 1.96 bits per heavy atom. The zero-order valence-corrected chi connectivity index (χ0v) is 15.3. The number of anilines is 1. The molecule has 0 spiro atoms. The van der Waals surface area contributed by atoms with Gasteiger partial charge in [0.25, 0.3) is 11.8 Å². The monoisotopic (exact) mass is 387 g/mol. The Labute approximate surface area is 161 Å². The van der Waals surface area contributed by atoms with Gasteiger partial charge in [-0.15, -0.1) is 0 Å². The summed E-state index contributed by atoms with van der Waals surface area (Å²) in [4.78, 5) is 38.1. The SMILES string of the molecule is CCOc1cccc(N2C(=O)C[C@H](NNC(=O)c3ccc(Cl)cc3)C2=O)c1. The Balaban J connectivity index is 1.66. The molecule has 1 fully saturated rings. The maximum Gasteiger partial charge on any atom is 0.265 e. The molecule has 1 heterocycles. The van der Waals surface area contributed by atoms with Crippen molar-refractivity contribution in [3.05, 3.63) is 59.1 Å². The van der Waals surface area contributed by atoms with Crippen LogP contribution in [0.4, 0.5) is 5.69 Å². The summed E-state index contributed by atoms with van der Waals surface area (Å²) in [7, 11) is 0. The van der Waals surface area contributed by atoms with Crippen LogP contribution in [0.2, 0.25) is 5.02 Å². The number of carbonyl (C=O) groups excluding carboxylic acids is 3. The molecule has 2 aromatic carbocycles. The topological polar surface area (TPSA) is 87.7 Å². The van der Waals surface area contributed by atoms with E-state index >= 15 is 0 Å². The molecule has 0 saturated carbocycles. The van der Waals surface area contributed by atoms with E-state index in [1.165, 1.54) is 0 Å². The normalized spacial score (nSPS) is 16.5. The second kappa shape index (κ2) is 8.20. The zero-order chi connectivity index (χ0) is 19.4. The molecule has 140 valence electrons. The molecule has 1 aliphatic heterocycles. The minimum absolute atomic E-state index is 0.0570. The van der Waals surface area contributed by atoms with Gasteiger partial charge in [0.05, 0.1) is 18.7 Å². The van der Waals surface area contributed by atoms with Gasteiger partial charge >= 0.3 is 0 Å². The molecule has 3 amide bonds. The van der Waals surface area contributed by atoms with Crippen LogP contribution < -0.4 is 20.5 Å². The van der Waals surface area contributed by atoms with Gasteiger partial charge in [-0.2, -0.15) is 0 Å². The van der Waals surface area contributed by atoms with Gasteiger partial charge in [0.2, 0.25) is 5.91 Å². The smallest absolute Gasteiger partial charge is 0.265 e. The van der Waals surface area contributed by atoms with Crippen LogP contribution in [-0.4, -0.2) is 30.4 Å². The molecule has 8 heteroatoms. The Morgan fingerprint density at radius 3 is 2.67 bits per heavy atom. The van der Waals surface area contributed by atoms with Crippen molar-refractivity contribution in [3.63, 3.8) is 0 Å². The molecule has 7 nitrogen and oxygen atoms in total. The van der Waals surface area contributed by atoms with E-state index in [1.54, 1.807) is 48.5 Å². The Bertz CT molecular complexity index is 870. The van der Waals surface area contributed by atoms with Crippen LogP contribution in [0.25, 0.3) is 0 Å². The van der Waals surface area contributed by atoms with Gasteiger partial charge in [-0.25, -0.2) is 10.3 Å². The maximum absolute atomic E-state index is 12.6. The lowest BCUT2D eigenvalue weighted by Crippen LogP contribution is -2.48. The molecule has 0 aromatic heterocycles. The van der Waals surface area contributed by atoms with Gasteiger partial charge in [0.1, 0.15) is 11.8 Å². The van der Waals surface area contributed by atoms with Crippen molar-refractivity contribution in [1.82, 2.24) is 10.9 Å². The molecule has 3 rings (SSSR count). The van der Waals surface area contributed by atoms with Crippen molar-refractivity contribution in [2.75, 3.05) is 11.5 Å². The van der Waals surface area contributed by atoms with Crippen LogP contribution in [0.1, 0.15) is 23.7 Å². The van der Waals surface area contributed by atoms with Crippen LogP contribution >= 0.6 is 11.6 Å². The van der Waals surface area contributed by atoms with Crippen molar-refractivity contribution in [1.29, 1.82) is 0 Å². The highest BCUT2D eigenvalue weighted by molar-refractivity contribution is 6.30.